The second-order valence-electron chi connectivity index (χ2n) is 4.82. The number of hydrogen-bond acceptors (Lipinski definition) is 3. The summed E-state index contributed by atoms with van der Waals surface area (Å²) in [5, 5.41) is 0.360. The van der Waals surface area contributed by atoms with Crippen molar-refractivity contribution in [2.24, 2.45) is 0 Å². The molecule has 1 aliphatic heterocycles. The van der Waals surface area contributed by atoms with Gasteiger partial charge in [-0.1, -0.05) is 18.2 Å². The molecule has 3 nitrogen and oxygen atoms in total. The van der Waals surface area contributed by atoms with Gasteiger partial charge in [-0.25, -0.2) is 0 Å². The number of nitrogens with zero attached hydrogens (tertiary/aromatic N) is 1. The summed E-state index contributed by atoms with van der Waals surface area (Å²) in [6, 6.07) is 13.5. The van der Waals surface area contributed by atoms with Crippen molar-refractivity contribution in [2.75, 3.05) is 18.8 Å². The first kappa shape index (κ1) is 13.3. The molecule has 1 fully saturated rings. The summed E-state index contributed by atoms with van der Waals surface area (Å²) in [6.07, 6.45) is 2.66. The Balaban J connectivity index is 1.67. The summed E-state index contributed by atoms with van der Waals surface area (Å²) < 4.78 is 5.48. The van der Waals surface area contributed by atoms with Gasteiger partial charge in [-0.05, 0) is 30.7 Å². The number of hydrogen-bond donors (Lipinski definition) is 0. The lowest BCUT2D eigenvalue weighted by Crippen LogP contribution is -2.32. The van der Waals surface area contributed by atoms with Crippen LogP contribution in [0.15, 0.2) is 53.1 Å². The Kier molecular flexibility index (Phi) is 4.11. The van der Waals surface area contributed by atoms with E-state index < -0.39 is 0 Å². The molecule has 104 valence electrons. The fraction of sp³-hybridized carbons (Fsp3) is 0.312. The summed E-state index contributed by atoms with van der Waals surface area (Å²) in [6.45, 7) is 1.59. The van der Waals surface area contributed by atoms with Gasteiger partial charge in [0.15, 0.2) is 0 Å². The average Bonchev–Trinajstić information content (AvgIpc) is 2.92. The fourth-order valence-corrected chi connectivity index (χ4v) is 3.62. The lowest BCUT2D eigenvalue weighted by molar-refractivity contribution is 0.0766. The van der Waals surface area contributed by atoms with Crippen molar-refractivity contribution in [3.63, 3.8) is 0 Å². The number of thioether (sulfide) groups is 1. The predicted molar refractivity (Wildman–Crippen MR) is 80.9 cm³/mol. The van der Waals surface area contributed by atoms with Crippen LogP contribution in [0.2, 0.25) is 0 Å². The molecular formula is C16H17NO2S. The highest BCUT2D eigenvalue weighted by Crippen LogP contribution is 2.34. The Morgan fingerprint density at radius 2 is 2.00 bits per heavy atom. The first-order valence-corrected chi connectivity index (χ1v) is 7.89. The van der Waals surface area contributed by atoms with E-state index in [1.807, 2.05) is 59.1 Å². The van der Waals surface area contributed by atoms with Gasteiger partial charge in [0.25, 0.3) is 5.91 Å². The van der Waals surface area contributed by atoms with Crippen LogP contribution in [0.4, 0.5) is 0 Å². The zero-order valence-corrected chi connectivity index (χ0v) is 12.0. The molecule has 0 unspecified atom stereocenters. The standard InChI is InChI=1S/C16H17NO2S/c18-16(13-5-2-1-3-6-13)17-9-8-15(20-12-10-17)14-7-4-11-19-14/h1-7,11,15H,8-10,12H2/t15-/m1/s1. The predicted octanol–water partition coefficient (Wildman–Crippen LogP) is 3.60. The number of rotatable bonds is 2. The van der Waals surface area contributed by atoms with Crippen molar-refractivity contribution < 1.29 is 9.21 Å². The molecule has 1 saturated heterocycles. The van der Waals surface area contributed by atoms with Crippen molar-refractivity contribution in [2.45, 2.75) is 11.7 Å². The van der Waals surface area contributed by atoms with Crippen molar-refractivity contribution in [3.8, 4) is 0 Å². The van der Waals surface area contributed by atoms with E-state index in [0.29, 0.717) is 5.25 Å². The van der Waals surface area contributed by atoms with Gasteiger partial charge in [-0.3, -0.25) is 4.79 Å². The lowest BCUT2D eigenvalue weighted by atomic mass is 10.2. The Morgan fingerprint density at radius 3 is 2.75 bits per heavy atom. The Hall–Kier alpha value is -1.68. The molecule has 2 heterocycles. The SMILES string of the molecule is O=C(c1ccccc1)N1CCS[C@@H](c2ccco2)CC1. The number of benzene rings is 1. The van der Waals surface area contributed by atoms with E-state index >= 15 is 0 Å². The van der Waals surface area contributed by atoms with Crippen molar-refractivity contribution in [1.29, 1.82) is 0 Å². The van der Waals surface area contributed by atoms with E-state index in [9.17, 15) is 4.79 Å². The molecule has 1 aromatic carbocycles. The number of amides is 1. The topological polar surface area (TPSA) is 33.5 Å². The Morgan fingerprint density at radius 1 is 1.15 bits per heavy atom. The van der Waals surface area contributed by atoms with Crippen LogP contribution in [0.5, 0.6) is 0 Å². The minimum absolute atomic E-state index is 0.131. The average molecular weight is 287 g/mol. The van der Waals surface area contributed by atoms with Crippen LogP contribution < -0.4 is 0 Å². The van der Waals surface area contributed by atoms with Gasteiger partial charge >= 0.3 is 0 Å². The quantitative estimate of drug-likeness (QED) is 0.846. The maximum atomic E-state index is 12.4. The third-order valence-electron chi connectivity index (χ3n) is 3.51. The molecule has 0 radical (unpaired) electrons. The van der Waals surface area contributed by atoms with Gasteiger partial charge in [0, 0.05) is 24.4 Å². The van der Waals surface area contributed by atoms with E-state index in [0.717, 1.165) is 36.6 Å². The van der Waals surface area contributed by atoms with Gasteiger partial charge in [0.1, 0.15) is 5.76 Å². The first-order valence-electron chi connectivity index (χ1n) is 6.84. The molecule has 0 aliphatic carbocycles. The minimum Gasteiger partial charge on any atom is -0.468 e. The van der Waals surface area contributed by atoms with Crippen LogP contribution in [-0.2, 0) is 0 Å². The molecule has 0 saturated carbocycles. The van der Waals surface area contributed by atoms with Crippen LogP contribution in [0.25, 0.3) is 0 Å². The normalized spacial score (nSPS) is 19.6. The number of carbonyl (C=O) groups excluding carboxylic acids is 1. The molecule has 1 aliphatic rings. The molecule has 1 amide bonds. The summed E-state index contributed by atoms with van der Waals surface area (Å²) in [7, 11) is 0. The second kappa shape index (κ2) is 6.18. The van der Waals surface area contributed by atoms with Crippen molar-refractivity contribution >= 4 is 17.7 Å². The smallest absolute Gasteiger partial charge is 0.253 e. The fourth-order valence-electron chi connectivity index (χ4n) is 2.44. The monoisotopic (exact) mass is 287 g/mol. The maximum Gasteiger partial charge on any atom is 0.253 e. The zero-order valence-electron chi connectivity index (χ0n) is 11.2. The van der Waals surface area contributed by atoms with Gasteiger partial charge in [0.05, 0.1) is 11.5 Å². The summed E-state index contributed by atoms with van der Waals surface area (Å²) >= 11 is 1.87. The molecule has 20 heavy (non-hydrogen) atoms. The van der Waals surface area contributed by atoms with Crippen molar-refractivity contribution in [3.05, 3.63) is 60.1 Å². The van der Waals surface area contributed by atoms with Crippen LogP contribution in [0.1, 0.15) is 27.8 Å². The largest absolute Gasteiger partial charge is 0.468 e. The highest BCUT2D eigenvalue weighted by Gasteiger charge is 2.23. The Labute approximate surface area is 123 Å². The highest BCUT2D eigenvalue weighted by atomic mass is 32.2. The van der Waals surface area contributed by atoms with Crippen LogP contribution in [-0.4, -0.2) is 29.6 Å². The molecule has 4 heteroatoms. The van der Waals surface area contributed by atoms with Gasteiger partial charge in [0.2, 0.25) is 0 Å². The van der Waals surface area contributed by atoms with E-state index in [4.69, 9.17) is 4.42 Å². The number of furan rings is 1. The van der Waals surface area contributed by atoms with Crippen LogP contribution in [0, 0.1) is 0 Å². The molecule has 0 bridgehead atoms. The number of carbonyl (C=O) groups is 1. The van der Waals surface area contributed by atoms with E-state index in [1.165, 1.54) is 0 Å². The highest BCUT2D eigenvalue weighted by molar-refractivity contribution is 7.99. The molecular weight excluding hydrogens is 270 g/mol. The molecule has 0 spiro atoms. The molecule has 1 aromatic heterocycles. The zero-order chi connectivity index (χ0) is 13.8. The maximum absolute atomic E-state index is 12.4. The van der Waals surface area contributed by atoms with Gasteiger partial charge in [-0.15, -0.1) is 11.8 Å². The van der Waals surface area contributed by atoms with Crippen LogP contribution >= 0.6 is 11.8 Å². The molecule has 0 N–H and O–H groups in total. The minimum atomic E-state index is 0.131. The third kappa shape index (κ3) is 2.90. The second-order valence-corrected chi connectivity index (χ2v) is 6.13. The summed E-state index contributed by atoms with van der Waals surface area (Å²) in [5.74, 6) is 2.10. The summed E-state index contributed by atoms with van der Waals surface area (Å²) in [4.78, 5) is 14.4. The molecule has 2 aromatic rings. The van der Waals surface area contributed by atoms with E-state index in [-0.39, 0.29) is 5.91 Å². The van der Waals surface area contributed by atoms with Crippen LogP contribution in [0.3, 0.4) is 0 Å². The van der Waals surface area contributed by atoms with Gasteiger partial charge < -0.3 is 9.32 Å². The Bertz CT molecular complexity index is 553. The molecule has 1 atom stereocenters. The van der Waals surface area contributed by atoms with Gasteiger partial charge in [-0.2, -0.15) is 0 Å². The van der Waals surface area contributed by atoms with Crippen molar-refractivity contribution in [1.82, 2.24) is 4.90 Å². The van der Waals surface area contributed by atoms with E-state index in [2.05, 4.69) is 0 Å². The van der Waals surface area contributed by atoms with E-state index in [1.54, 1.807) is 6.26 Å². The third-order valence-corrected chi connectivity index (χ3v) is 4.80. The molecule has 3 rings (SSSR count). The summed E-state index contributed by atoms with van der Waals surface area (Å²) in [5.41, 5.74) is 0.772. The lowest BCUT2D eigenvalue weighted by Gasteiger charge is -2.20. The first-order chi connectivity index (χ1) is 9.84.